The summed E-state index contributed by atoms with van der Waals surface area (Å²) in [5, 5.41) is 2.82. The Morgan fingerprint density at radius 2 is 1.85 bits per heavy atom. The van der Waals surface area contributed by atoms with Crippen molar-refractivity contribution in [3.8, 4) is 11.5 Å². The highest BCUT2D eigenvalue weighted by molar-refractivity contribution is 5.87. The van der Waals surface area contributed by atoms with Crippen LogP contribution in [-0.4, -0.2) is 62.6 Å². The highest BCUT2D eigenvalue weighted by Crippen LogP contribution is 2.31. The minimum atomic E-state index is -0.573. The van der Waals surface area contributed by atoms with Gasteiger partial charge in [0.15, 0.2) is 11.5 Å². The molecule has 0 saturated carbocycles. The van der Waals surface area contributed by atoms with Gasteiger partial charge in [-0.1, -0.05) is 26.0 Å². The van der Waals surface area contributed by atoms with Gasteiger partial charge < -0.3 is 24.6 Å². The number of nitrogens with zero attached hydrogens (tertiary/aromatic N) is 2. The number of likely N-dealkylation sites (N-methyl/N-ethyl adjacent to an activating group) is 1. The molecule has 0 heterocycles. The second-order valence-electron chi connectivity index (χ2n) is 6.64. The molecule has 0 bridgehead atoms. The third kappa shape index (κ3) is 5.54. The minimum Gasteiger partial charge on any atom is -0.493 e. The molecule has 0 aliphatic heterocycles. The lowest BCUT2D eigenvalue weighted by molar-refractivity contribution is -0.131. The van der Waals surface area contributed by atoms with Crippen LogP contribution in [0, 0.1) is 5.92 Å². The SMILES string of the molecule is CCOc1c(CN(C)C(=O)NC(C(=O)N(C)C)C(C)C)cccc1OC. The number of benzene rings is 1. The van der Waals surface area contributed by atoms with Crippen molar-refractivity contribution in [2.24, 2.45) is 5.92 Å². The van der Waals surface area contributed by atoms with Crippen LogP contribution in [0.3, 0.4) is 0 Å². The maximum absolute atomic E-state index is 12.6. The number of rotatable bonds is 8. The van der Waals surface area contributed by atoms with E-state index in [9.17, 15) is 9.59 Å². The van der Waals surface area contributed by atoms with Crippen molar-refractivity contribution in [1.29, 1.82) is 0 Å². The molecule has 3 amide bonds. The van der Waals surface area contributed by atoms with E-state index in [0.29, 0.717) is 24.7 Å². The third-order valence-electron chi connectivity index (χ3n) is 3.98. The quantitative estimate of drug-likeness (QED) is 0.768. The zero-order valence-corrected chi connectivity index (χ0v) is 16.8. The van der Waals surface area contributed by atoms with Gasteiger partial charge in [0.2, 0.25) is 5.91 Å². The van der Waals surface area contributed by atoms with Gasteiger partial charge in [-0.2, -0.15) is 0 Å². The number of methoxy groups -OCH3 is 1. The second-order valence-corrected chi connectivity index (χ2v) is 6.64. The molecule has 1 rings (SSSR count). The first-order valence-electron chi connectivity index (χ1n) is 8.74. The Morgan fingerprint density at radius 3 is 2.35 bits per heavy atom. The Bertz CT molecular complexity index is 617. The van der Waals surface area contributed by atoms with Crippen LogP contribution in [0.1, 0.15) is 26.3 Å². The Labute approximate surface area is 156 Å². The summed E-state index contributed by atoms with van der Waals surface area (Å²) >= 11 is 0. The van der Waals surface area contributed by atoms with E-state index < -0.39 is 6.04 Å². The average molecular weight is 365 g/mol. The molecule has 0 radical (unpaired) electrons. The summed E-state index contributed by atoms with van der Waals surface area (Å²) in [5.41, 5.74) is 0.837. The third-order valence-corrected chi connectivity index (χ3v) is 3.98. The molecule has 1 unspecified atom stereocenters. The fourth-order valence-electron chi connectivity index (χ4n) is 2.52. The van der Waals surface area contributed by atoms with Crippen molar-refractivity contribution in [2.75, 3.05) is 34.9 Å². The lowest BCUT2D eigenvalue weighted by Gasteiger charge is -2.27. The predicted molar refractivity (Wildman–Crippen MR) is 101 cm³/mol. The molecule has 1 atom stereocenters. The van der Waals surface area contributed by atoms with Gasteiger partial charge >= 0.3 is 6.03 Å². The van der Waals surface area contributed by atoms with Gasteiger partial charge in [0, 0.05) is 26.7 Å². The van der Waals surface area contributed by atoms with E-state index in [4.69, 9.17) is 9.47 Å². The first-order valence-corrected chi connectivity index (χ1v) is 8.74. The van der Waals surface area contributed by atoms with Crippen LogP contribution in [0.4, 0.5) is 4.79 Å². The molecule has 1 aromatic rings. The number of hydrogen-bond donors (Lipinski definition) is 1. The number of carbonyl (C=O) groups is 2. The van der Waals surface area contributed by atoms with Crippen LogP contribution in [0.15, 0.2) is 18.2 Å². The summed E-state index contributed by atoms with van der Waals surface area (Å²) in [6.45, 7) is 6.53. The number of ether oxygens (including phenoxy) is 2. The summed E-state index contributed by atoms with van der Waals surface area (Å²) in [6.07, 6.45) is 0. The zero-order valence-electron chi connectivity index (χ0n) is 16.8. The number of para-hydroxylation sites is 1. The number of amides is 3. The van der Waals surface area contributed by atoms with Crippen molar-refractivity contribution in [1.82, 2.24) is 15.1 Å². The molecule has 0 aliphatic carbocycles. The van der Waals surface area contributed by atoms with E-state index in [1.807, 2.05) is 39.0 Å². The van der Waals surface area contributed by atoms with Crippen LogP contribution >= 0.6 is 0 Å². The van der Waals surface area contributed by atoms with Crippen molar-refractivity contribution in [3.63, 3.8) is 0 Å². The average Bonchev–Trinajstić information content (AvgIpc) is 2.59. The zero-order chi connectivity index (χ0) is 19.9. The Kier molecular flexibility index (Phi) is 8.22. The van der Waals surface area contributed by atoms with E-state index in [2.05, 4.69) is 5.32 Å². The molecular formula is C19H31N3O4. The van der Waals surface area contributed by atoms with Crippen LogP contribution in [0.2, 0.25) is 0 Å². The first-order chi connectivity index (χ1) is 12.2. The van der Waals surface area contributed by atoms with Crippen LogP contribution in [0.25, 0.3) is 0 Å². The molecule has 7 nitrogen and oxygen atoms in total. The van der Waals surface area contributed by atoms with Gasteiger partial charge in [-0.05, 0) is 18.9 Å². The molecular weight excluding hydrogens is 334 g/mol. The molecule has 7 heteroatoms. The number of urea groups is 1. The number of nitrogens with one attached hydrogen (secondary N) is 1. The Balaban J connectivity index is 2.91. The molecule has 0 spiro atoms. The van der Waals surface area contributed by atoms with Crippen LogP contribution < -0.4 is 14.8 Å². The molecule has 1 N–H and O–H groups in total. The van der Waals surface area contributed by atoms with E-state index >= 15 is 0 Å². The highest BCUT2D eigenvalue weighted by atomic mass is 16.5. The maximum Gasteiger partial charge on any atom is 0.318 e. The Morgan fingerprint density at radius 1 is 1.19 bits per heavy atom. The molecule has 1 aromatic carbocycles. The molecule has 26 heavy (non-hydrogen) atoms. The molecule has 0 aliphatic rings. The van der Waals surface area contributed by atoms with Crippen molar-refractivity contribution < 1.29 is 19.1 Å². The lowest BCUT2D eigenvalue weighted by Crippen LogP contribution is -2.52. The van der Waals surface area contributed by atoms with E-state index in [0.717, 1.165) is 5.56 Å². The summed E-state index contributed by atoms with van der Waals surface area (Å²) in [7, 11) is 6.62. The summed E-state index contributed by atoms with van der Waals surface area (Å²) in [6, 6.07) is 4.68. The normalized spacial score (nSPS) is 11.7. The van der Waals surface area contributed by atoms with Gasteiger partial charge in [-0.25, -0.2) is 4.79 Å². The number of hydrogen-bond acceptors (Lipinski definition) is 4. The summed E-state index contributed by atoms with van der Waals surface area (Å²) in [5.74, 6) is 1.11. The van der Waals surface area contributed by atoms with Gasteiger partial charge in [-0.15, -0.1) is 0 Å². The molecule has 0 fully saturated rings. The minimum absolute atomic E-state index is 0.0157. The van der Waals surface area contributed by atoms with Gasteiger partial charge in [0.25, 0.3) is 0 Å². The van der Waals surface area contributed by atoms with Crippen molar-refractivity contribution in [3.05, 3.63) is 23.8 Å². The topological polar surface area (TPSA) is 71.1 Å². The smallest absolute Gasteiger partial charge is 0.318 e. The lowest BCUT2D eigenvalue weighted by atomic mass is 10.0. The summed E-state index contributed by atoms with van der Waals surface area (Å²) < 4.78 is 11.0. The number of carbonyl (C=O) groups excluding carboxylic acids is 2. The predicted octanol–water partition coefficient (Wildman–Crippen LogP) is 2.35. The van der Waals surface area contributed by atoms with Crippen molar-refractivity contribution >= 4 is 11.9 Å². The van der Waals surface area contributed by atoms with E-state index in [1.165, 1.54) is 9.80 Å². The van der Waals surface area contributed by atoms with E-state index in [-0.39, 0.29) is 17.9 Å². The van der Waals surface area contributed by atoms with Gasteiger partial charge in [-0.3, -0.25) is 4.79 Å². The molecule has 0 saturated heterocycles. The standard InChI is InChI=1S/C19H31N3O4/c1-8-26-17-14(10-9-11-15(17)25-7)12-22(6)19(24)20-16(13(2)3)18(23)21(4)5/h9-11,13,16H,8,12H2,1-7H3,(H,20,24). The first kappa shape index (κ1) is 21.6. The fourth-order valence-corrected chi connectivity index (χ4v) is 2.52. The van der Waals surface area contributed by atoms with Gasteiger partial charge in [0.05, 0.1) is 20.3 Å². The van der Waals surface area contributed by atoms with Crippen molar-refractivity contribution in [2.45, 2.75) is 33.4 Å². The molecule has 0 aromatic heterocycles. The monoisotopic (exact) mass is 365 g/mol. The summed E-state index contributed by atoms with van der Waals surface area (Å²) in [4.78, 5) is 27.9. The fraction of sp³-hybridized carbons (Fsp3) is 0.579. The van der Waals surface area contributed by atoms with Gasteiger partial charge in [0.1, 0.15) is 6.04 Å². The largest absolute Gasteiger partial charge is 0.493 e. The Hall–Kier alpha value is -2.44. The van der Waals surface area contributed by atoms with Crippen LogP contribution in [-0.2, 0) is 11.3 Å². The van der Waals surface area contributed by atoms with E-state index in [1.54, 1.807) is 28.3 Å². The second kappa shape index (κ2) is 9.89. The molecule has 146 valence electrons. The maximum atomic E-state index is 12.6. The van der Waals surface area contributed by atoms with Crippen LogP contribution in [0.5, 0.6) is 11.5 Å². The highest BCUT2D eigenvalue weighted by Gasteiger charge is 2.27.